The normalized spacial score (nSPS) is 17.3. The molecular formula is C18H21BO4. The van der Waals surface area contributed by atoms with E-state index in [4.69, 9.17) is 14.1 Å². The summed E-state index contributed by atoms with van der Waals surface area (Å²) < 4.78 is 16.3. The average Bonchev–Trinajstić information content (AvgIpc) is 3.02. The smallest absolute Gasteiger partial charge is 0.454 e. The summed E-state index contributed by atoms with van der Waals surface area (Å²) in [5.74, 6) is 1.73. The molecule has 5 heteroatoms. The van der Waals surface area contributed by atoms with E-state index < -0.39 is 7.12 Å². The molecule has 2 aromatic rings. The van der Waals surface area contributed by atoms with Crippen molar-refractivity contribution >= 4 is 7.12 Å². The molecule has 0 saturated carbocycles. The van der Waals surface area contributed by atoms with Gasteiger partial charge in [-0.1, -0.05) is 30.3 Å². The molecule has 120 valence electrons. The highest BCUT2D eigenvalue weighted by molar-refractivity contribution is 6.43. The van der Waals surface area contributed by atoms with E-state index in [0.29, 0.717) is 19.5 Å². The van der Waals surface area contributed by atoms with Gasteiger partial charge < -0.3 is 19.2 Å². The summed E-state index contributed by atoms with van der Waals surface area (Å²) in [7, 11) is 0.998. The molecule has 0 unspecified atom stereocenters. The second kappa shape index (κ2) is 7.07. The topological polar surface area (TPSA) is 47.9 Å². The van der Waals surface area contributed by atoms with Gasteiger partial charge in [0.15, 0.2) is 11.5 Å². The first-order chi connectivity index (χ1) is 11.2. The highest BCUT2D eigenvalue weighted by Gasteiger charge is 2.29. The van der Waals surface area contributed by atoms with Crippen molar-refractivity contribution in [3.8, 4) is 22.6 Å². The van der Waals surface area contributed by atoms with Crippen molar-refractivity contribution in [2.75, 3.05) is 20.3 Å². The number of benzene rings is 2. The Morgan fingerprint density at radius 2 is 2.00 bits per heavy atom. The van der Waals surface area contributed by atoms with E-state index in [1.54, 1.807) is 7.11 Å². The summed E-state index contributed by atoms with van der Waals surface area (Å²) in [5.41, 5.74) is 3.39. The van der Waals surface area contributed by atoms with Crippen LogP contribution in [0.1, 0.15) is 18.4 Å². The first kappa shape index (κ1) is 15.9. The predicted molar refractivity (Wildman–Crippen MR) is 91.1 cm³/mol. The van der Waals surface area contributed by atoms with E-state index in [2.05, 4.69) is 18.2 Å². The van der Waals surface area contributed by atoms with Crippen molar-refractivity contribution in [1.82, 2.24) is 0 Å². The third-order valence-electron chi connectivity index (χ3n) is 4.13. The molecule has 0 aliphatic carbocycles. The van der Waals surface area contributed by atoms with Gasteiger partial charge in [-0.25, -0.2) is 0 Å². The van der Waals surface area contributed by atoms with Crippen LogP contribution in [0.3, 0.4) is 0 Å². The summed E-state index contributed by atoms with van der Waals surface area (Å²) in [6.07, 6.45) is 0.649. The number of hydrogen-bond acceptors (Lipinski definition) is 4. The van der Waals surface area contributed by atoms with Gasteiger partial charge in [-0.15, -0.1) is 0 Å². The Morgan fingerprint density at radius 1 is 1.17 bits per heavy atom. The summed E-state index contributed by atoms with van der Waals surface area (Å²) in [4.78, 5) is 0. The minimum absolute atomic E-state index is 0.245. The third kappa shape index (κ3) is 3.51. The lowest BCUT2D eigenvalue weighted by Gasteiger charge is -2.13. The van der Waals surface area contributed by atoms with E-state index >= 15 is 0 Å². The van der Waals surface area contributed by atoms with Gasteiger partial charge in [0.2, 0.25) is 0 Å². The van der Waals surface area contributed by atoms with E-state index in [-0.39, 0.29) is 5.92 Å². The fourth-order valence-corrected chi connectivity index (χ4v) is 2.94. The molecule has 1 saturated heterocycles. The fourth-order valence-electron chi connectivity index (χ4n) is 2.94. The van der Waals surface area contributed by atoms with Crippen LogP contribution in [0.5, 0.6) is 11.5 Å². The molecule has 4 nitrogen and oxygen atoms in total. The van der Waals surface area contributed by atoms with Crippen LogP contribution in [0.15, 0.2) is 42.5 Å². The van der Waals surface area contributed by atoms with Crippen molar-refractivity contribution in [3.63, 3.8) is 0 Å². The van der Waals surface area contributed by atoms with E-state index in [9.17, 15) is 5.02 Å². The van der Waals surface area contributed by atoms with Crippen LogP contribution in [0.4, 0.5) is 0 Å². The van der Waals surface area contributed by atoms with Gasteiger partial charge in [0.25, 0.3) is 0 Å². The van der Waals surface area contributed by atoms with Crippen LogP contribution < -0.4 is 9.47 Å². The lowest BCUT2D eigenvalue weighted by atomic mass is 9.79. The van der Waals surface area contributed by atoms with Gasteiger partial charge in [0.1, 0.15) is 0 Å². The molecule has 1 fully saturated rings. The molecule has 23 heavy (non-hydrogen) atoms. The third-order valence-corrected chi connectivity index (χ3v) is 4.13. The van der Waals surface area contributed by atoms with Crippen LogP contribution in [0.25, 0.3) is 11.1 Å². The lowest BCUT2D eigenvalue weighted by molar-refractivity contribution is 0.292. The Balaban J connectivity index is 1.91. The van der Waals surface area contributed by atoms with E-state index in [1.165, 1.54) is 5.56 Å². The quantitative estimate of drug-likeness (QED) is 0.860. The first-order valence-corrected chi connectivity index (χ1v) is 7.92. The molecule has 0 amide bonds. The zero-order valence-corrected chi connectivity index (χ0v) is 13.5. The van der Waals surface area contributed by atoms with Gasteiger partial charge >= 0.3 is 7.12 Å². The van der Waals surface area contributed by atoms with Crippen LogP contribution in [-0.4, -0.2) is 32.5 Å². The van der Waals surface area contributed by atoms with E-state index in [0.717, 1.165) is 22.6 Å². The molecule has 0 bridgehead atoms. The maximum atomic E-state index is 9.55. The Kier molecular flexibility index (Phi) is 4.89. The van der Waals surface area contributed by atoms with Gasteiger partial charge in [0.05, 0.1) is 13.7 Å². The average molecular weight is 312 g/mol. The van der Waals surface area contributed by atoms with Crippen molar-refractivity contribution in [1.29, 1.82) is 0 Å². The van der Waals surface area contributed by atoms with Crippen molar-refractivity contribution in [2.45, 2.75) is 19.2 Å². The van der Waals surface area contributed by atoms with Gasteiger partial charge in [-0.3, -0.25) is 0 Å². The number of hydrogen-bond donors (Lipinski definition) is 1. The first-order valence-electron chi connectivity index (χ1n) is 7.92. The molecule has 1 aliphatic rings. The van der Waals surface area contributed by atoms with Crippen molar-refractivity contribution < 1.29 is 19.2 Å². The monoisotopic (exact) mass is 312 g/mol. The van der Waals surface area contributed by atoms with Crippen molar-refractivity contribution in [3.05, 3.63) is 48.0 Å². The highest BCUT2D eigenvalue weighted by atomic mass is 16.5. The second-order valence-electron chi connectivity index (χ2n) is 5.64. The van der Waals surface area contributed by atoms with Crippen molar-refractivity contribution in [2.24, 2.45) is 0 Å². The molecule has 1 heterocycles. The number of ether oxygens (including phenoxy) is 2. The molecule has 2 aromatic carbocycles. The van der Waals surface area contributed by atoms with Crippen LogP contribution in [0.2, 0.25) is 6.32 Å². The van der Waals surface area contributed by atoms with Gasteiger partial charge in [0, 0.05) is 12.5 Å². The summed E-state index contributed by atoms with van der Waals surface area (Å²) >= 11 is 0. The van der Waals surface area contributed by atoms with Gasteiger partial charge in [-0.05, 0) is 42.1 Å². The molecule has 3 rings (SSSR count). The predicted octanol–water partition coefficient (Wildman–Crippen LogP) is 3.36. The Bertz CT molecular complexity index is 674. The van der Waals surface area contributed by atoms with Crippen LogP contribution in [-0.2, 0) is 4.65 Å². The largest absolute Gasteiger partial charge is 0.493 e. The standard InChI is InChI=1S/C18H21BO4/c1-3-22-18-10-15(7-8-17(18)21-2)13-5-4-6-14(9-13)16-11-19(20)23-12-16/h4-10,16,20H,3,11-12H2,1-2H3/t16-/m0/s1. The van der Waals surface area contributed by atoms with Gasteiger partial charge in [-0.2, -0.15) is 0 Å². The highest BCUT2D eigenvalue weighted by Crippen LogP contribution is 2.35. The minimum Gasteiger partial charge on any atom is -0.493 e. The minimum atomic E-state index is -0.644. The molecule has 1 atom stereocenters. The Labute approximate surface area is 137 Å². The maximum Gasteiger partial charge on any atom is 0.454 e. The zero-order valence-electron chi connectivity index (χ0n) is 13.5. The molecule has 0 spiro atoms. The second-order valence-corrected chi connectivity index (χ2v) is 5.64. The fraction of sp³-hybridized carbons (Fsp3) is 0.333. The van der Waals surface area contributed by atoms with Crippen LogP contribution >= 0.6 is 0 Å². The molecule has 0 radical (unpaired) electrons. The van der Waals surface area contributed by atoms with Crippen LogP contribution in [0, 0.1) is 0 Å². The lowest BCUT2D eigenvalue weighted by Crippen LogP contribution is -2.07. The molecule has 1 aliphatic heterocycles. The SMILES string of the molecule is CCOc1cc(-c2cccc([C@@H]3COB(O)C3)c2)ccc1OC. The maximum absolute atomic E-state index is 9.55. The molecular weight excluding hydrogens is 291 g/mol. The Hall–Kier alpha value is -1.98. The number of rotatable bonds is 5. The zero-order chi connectivity index (χ0) is 16.2. The number of methoxy groups -OCH3 is 1. The summed E-state index contributed by atoms with van der Waals surface area (Å²) in [6.45, 7) is 3.12. The van der Waals surface area contributed by atoms with E-state index in [1.807, 2.05) is 31.2 Å². The summed E-state index contributed by atoms with van der Waals surface area (Å²) in [5, 5.41) is 9.55. The summed E-state index contributed by atoms with van der Waals surface area (Å²) in [6, 6.07) is 14.3. The molecule has 0 aromatic heterocycles. The Morgan fingerprint density at radius 3 is 2.70 bits per heavy atom. The molecule has 1 N–H and O–H groups in total.